The Labute approximate surface area is 91.3 Å². The van der Waals surface area contributed by atoms with E-state index in [1.165, 1.54) is 12.0 Å². The van der Waals surface area contributed by atoms with Crippen molar-refractivity contribution >= 4 is 0 Å². The van der Waals surface area contributed by atoms with Crippen LogP contribution in [0.2, 0.25) is 0 Å². The highest BCUT2D eigenvalue weighted by molar-refractivity contribution is 5.44. The first kappa shape index (κ1) is 8.96. The van der Waals surface area contributed by atoms with E-state index in [0.29, 0.717) is 5.92 Å². The molecule has 1 aromatic carbocycles. The van der Waals surface area contributed by atoms with Gasteiger partial charge in [0.05, 0.1) is 0 Å². The molecule has 0 heteroatoms. The Morgan fingerprint density at radius 1 is 1.27 bits per heavy atom. The molecule has 0 fully saturated rings. The van der Waals surface area contributed by atoms with Crippen molar-refractivity contribution in [3.8, 4) is 0 Å². The van der Waals surface area contributed by atoms with Crippen LogP contribution >= 0.6 is 0 Å². The Hall–Kier alpha value is -1.30. The summed E-state index contributed by atoms with van der Waals surface area (Å²) in [4.78, 5) is 0. The molecule has 0 bridgehead atoms. The van der Waals surface area contributed by atoms with Crippen LogP contribution in [0.4, 0.5) is 0 Å². The Kier molecular flexibility index (Phi) is 2.02. The number of hydrogen-bond acceptors (Lipinski definition) is 0. The van der Waals surface area contributed by atoms with Crippen LogP contribution < -0.4 is 0 Å². The minimum absolute atomic E-state index is 0.650. The van der Waals surface area contributed by atoms with Crippen LogP contribution in [0.25, 0.3) is 0 Å². The van der Waals surface area contributed by atoms with E-state index >= 15 is 0 Å². The van der Waals surface area contributed by atoms with E-state index in [4.69, 9.17) is 0 Å². The molecule has 0 aliphatic heterocycles. The van der Waals surface area contributed by atoms with Crippen molar-refractivity contribution < 1.29 is 0 Å². The molecule has 0 spiro atoms. The zero-order chi connectivity index (χ0) is 10.3. The van der Waals surface area contributed by atoms with Gasteiger partial charge in [-0.25, -0.2) is 0 Å². The molecule has 3 rings (SSSR count). The molecular weight excluding hydrogens is 180 g/mol. The van der Waals surface area contributed by atoms with Gasteiger partial charge in [-0.1, -0.05) is 55.0 Å². The standard InChI is InChI=1S/C15H16/c1-2-11-7-8-15-13(9-11)10-12-5-3-4-6-14(12)15/h3-9,13,15H,2,10H2,1H3. The third-order valence-electron chi connectivity index (χ3n) is 3.69. The lowest BCUT2D eigenvalue weighted by Crippen LogP contribution is -2.06. The molecule has 0 nitrogen and oxygen atoms in total. The van der Waals surface area contributed by atoms with Gasteiger partial charge in [-0.2, -0.15) is 0 Å². The molecule has 76 valence electrons. The van der Waals surface area contributed by atoms with E-state index < -0.39 is 0 Å². The summed E-state index contributed by atoms with van der Waals surface area (Å²) in [7, 11) is 0. The molecule has 0 heterocycles. The first-order valence-corrected chi connectivity index (χ1v) is 5.85. The van der Waals surface area contributed by atoms with E-state index in [0.717, 1.165) is 12.3 Å². The van der Waals surface area contributed by atoms with Gasteiger partial charge in [0.1, 0.15) is 0 Å². The molecule has 2 aliphatic rings. The van der Waals surface area contributed by atoms with Crippen LogP contribution in [0.3, 0.4) is 0 Å². The minimum Gasteiger partial charge on any atom is -0.0770 e. The predicted molar refractivity (Wildman–Crippen MR) is 63.9 cm³/mol. The van der Waals surface area contributed by atoms with E-state index in [9.17, 15) is 0 Å². The van der Waals surface area contributed by atoms with Crippen LogP contribution in [-0.2, 0) is 6.42 Å². The van der Waals surface area contributed by atoms with E-state index in [2.05, 4.69) is 49.4 Å². The van der Waals surface area contributed by atoms with Gasteiger partial charge >= 0.3 is 0 Å². The van der Waals surface area contributed by atoms with Crippen molar-refractivity contribution in [2.75, 3.05) is 0 Å². The average molecular weight is 196 g/mol. The van der Waals surface area contributed by atoms with Crippen LogP contribution in [0, 0.1) is 5.92 Å². The molecule has 1 aromatic rings. The lowest BCUT2D eigenvalue weighted by Gasteiger charge is -2.19. The lowest BCUT2D eigenvalue weighted by atomic mass is 9.86. The average Bonchev–Trinajstić information content (AvgIpc) is 2.66. The lowest BCUT2D eigenvalue weighted by molar-refractivity contribution is 0.622. The largest absolute Gasteiger partial charge is 0.0770 e. The second-order valence-corrected chi connectivity index (χ2v) is 4.55. The molecule has 2 atom stereocenters. The third kappa shape index (κ3) is 1.36. The van der Waals surface area contributed by atoms with Gasteiger partial charge in [-0.15, -0.1) is 0 Å². The molecule has 0 amide bonds. The molecule has 0 radical (unpaired) electrons. The summed E-state index contributed by atoms with van der Waals surface area (Å²) >= 11 is 0. The maximum Gasteiger partial charge on any atom is 0.00901 e. The summed E-state index contributed by atoms with van der Waals surface area (Å²) in [5, 5.41) is 0. The molecule has 0 saturated carbocycles. The van der Waals surface area contributed by atoms with E-state index in [1.807, 2.05) is 0 Å². The van der Waals surface area contributed by atoms with Gasteiger partial charge in [-0.05, 0) is 29.9 Å². The Bertz CT molecular complexity index is 437. The summed E-state index contributed by atoms with van der Waals surface area (Å²) in [6, 6.07) is 8.88. The summed E-state index contributed by atoms with van der Waals surface area (Å²) in [6.45, 7) is 2.23. The predicted octanol–water partition coefficient (Wildman–Crippen LogP) is 3.85. The fourth-order valence-corrected chi connectivity index (χ4v) is 2.86. The van der Waals surface area contributed by atoms with Gasteiger partial charge in [0.2, 0.25) is 0 Å². The second-order valence-electron chi connectivity index (χ2n) is 4.55. The molecule has 0 aromatic heterocycles. The van der Waals surface area contributed by atoms with Crippen LogP contribution in [0.5, 0.6) is 0 Å². The highest BCUT2D eigenvalue weighted by atomic mass is 14.3. The SMILES string of the molecule is CCC1=CC2Cc3ccccc3C2C=C1. The number of hydrogen-bond donors (Lipinski definition) is 0. The van der Waals surface area contributed by atoms with Gasteiger partial charge in [0, 0.05) is 5.92 Å². The van der Waals surface area contributed by atoms with E-state index in [-0.39, 0.29) is 0 Å². The maximum absolute atomic E-state index is 2.48. The summed E-state index contributed by atoms with van der Waals surface area (Å²) < 4.78 is 0. The van der Waals surface area contributed by atoms with Gasteiger partial charge in [-0.3, -0.25) is 0 Å². The normalized spacial score (nSPS) is 27.1. The Morgan fingerprint density at radius 2 is 2.13 bits per heavy atom. The monoisotopic (exact) mass is 196 g/mol. The van der Waals surface area contributed by atoms with Gasteiger partial charge < -0.3 is 0 Å². The number of benzene rings is 1. The van der Waals surface area contributed by atoms with Gasteiger partial charge in [0.25, 0.3) is 0 Å². The quantitative estimate of drug-likeness (QED) is 0.640. The zero-order valence-electron chi connectivity index (χ0n) is 9.11. The summed E-state index contributed by atoms with van der Waals surface area (Å²) in [5.74, 6) is 1.37. The number of fused-ring (bicyclic) bond motifs is 3. The second kappa shape index (κ2) is 3.37. The molecule has 15 heavy (non-hydrogen) atoms. The van der Waals surface area contributed by atoms with Crippen molar-refractivity contribution in [2.24, 2.45) is 5.92 Å². The van der Waals surface area contributed by atoms with Gasteiger partial charge in [0.15, 0.2) is 0 Å². The van der Waals surface area contributed by atoms with Crippen molar-refractivity contribution in [2.45, 2.75) is 25.7 Å². The fraction of sp³-hybridized carbons (Fsp3) is 0.333. The van der Waals surface area contributed by atoms with Crippen LogP contribution in [0.15, 0.2) is 48.1 Å². The Balaban J connectivity index is 2.00. The highest BCUT2D eigenvalue weighted by Gasteiger charge is 2.30. The zero-order valence-corrected chi connectivity index (χ0v) is 9.11. The molecule has 0 saturated heterocycles. The van der Waals surface area contributed by atoms with Crippen molar-refractivity contribution in [1.82, 2.24) is 0 Å². The topological polar surface area (TPSA) is 0 Å². The smallest absolute Gasteiger partial charge is 0.00901 e. The maximum atomic E-state index is 2.48. The minimum atomic E-state index is 0.650. The van der Waals surface area contributed by atoms with Crippen LogP contribution in [-0.4, -0.2) is 0 Å². The first-order valence-electron chi connectivity index (χ1n) is 5.85. The highest BCUT2D eigenvalue weighted by Crippen LogP contribution is 2.42. The first-order chi connectivity index (χ1) is 7.38. The summed E-state index contributed by atoms with van der Waals surface area (Å²) in [6.07, 6.45) is 9.58. The van der Waals surface area contributed by atoms with Crippen molar-refractivity contribution in [3.05, 3.63) is 59.2 Å². The molecular formula is C15H16. The van der Waals surface area contributed by atoms with E-state index in [1.54, 1.807) is 11.1 Å². The number of rotatable bonds is 1. The molecule has 2 unspecified atom stereocenters. The fourth-order valence-electron chi connectivity index (χ4n) is 2.86. The number of allylic oxidation sites excluding steroid dienone is 4. The third-order valence-corrected chi connectivity index (χ3v) is 3.69. The van der Waals surface area contributed by atoms with Crippen molar-refractivity contribution in [3.63, 3.8) is 0 Å². The van der Waals surface area contributed by atoms with Crippen molar-refractivity contribution in [1.29, 1.82) is 0 Å². The Morgan fingerprint density at radius 3 is 3.00 bits per heavy atom. The molecule has 0 N–H and O–H groups in total. The summed E-state index contributed by atoms with van der Waals surface area (Å²) in [5.41, 5.74) is 4.60. The van der Waals surface area contributed by atoms with Crippen LogP contribution in [0.1, 0.15) is 30.4 Å². The molecule has 2 aliphatic carbocycles.